The fourth-order valence-corrected chi connectivity index (χ4v) is 6.88. The van der Waals surface area contributed by atoms with Crippen LogP contribution in [0.2, 0.25) is 0 Å². The van der Waals surface area contributed by atoms with Crippen molar-refractivity contribution in [1.29, 1.82) is 0 Å². The summed E-state index contributed by atoms with van der Waals surface area (Å²) < 4.78 is 1.13. The molecular weight excluding hydrogens is 428 g/mol. The van der Waals surface area contributed by atoms with Crippen molar-refractivity contribution in [1.82, 2.24) is 9.80 Å². The monoisotopic (exact) mass is 456 g/mol. The van der Waals surface area contributed by atoms with Gasteiger partial charge in [0.15, 0.2) is 5.78 Å². The molecule has 2 bridgehead atoms. The molecule has 1 aromatic heterocycles. The Morgan fingerprint density at radius 3 is 2.52 bits per heavy atom. The van der Waals surface area contributed by atoms with E-state index in [1.807, 2.05) is 41.3 Å². The fraction of sp³-hybridized carbons (Fsp3) is 0.357. The average Bonchev–Trinajstić information content (AvgIpc) is 3.55. The van der Waals surface area contributed by atoms with Crippen molar-refractivity contribution in [3.63, 3.8) is 0 Å². The van der Waals surface area contributed by atoms with Gasteiger partial charge in [-0.3, -0.25) is 9.59 Å². The van der Waals surface area contributed by atoms with E-state index in [0.29, 0.717) is 31.0 Å². The molecule has 4 aliphatic heterocycles. The van der Waals surface area contributed by atoms with Crippen molar-refractivity contribution < 1.29 is 9.59 Å². The van der Waals surface area contributed by atoms with Gasteiger partial charge in [0, 0.05) is 36.3 Å². The largest absolute Gasteiger partial charge is 0.331 e. The maximum absolute atomic E-state index is 13.2. The molecule has 0 unspecified atom stereocenters. The SMILES string of the molecule is O=C(C[C@H]1CN2CCC1CC2)c1cc2cccc(-c3cccc(C(=O)N4CC=CC4)c3)c2s1. The van der Waals surface area contributed by atoms with Crippen LogP contribution in [0.1, 0.15) is 39.3 Å². The van der Waals surface area contributed by atoms with Gasteiger partial charge in [0.25, 0.3) is 5.91 Å². The van der Waals surface area contributed by atoms with Crippen LogP contribution in [0.5, 0.6) is 0 Å². The van der Waals surface area contributed by atoms with Gasteiger partial charge in [-0.25, -0.2) is 0 Å². The van der Waals surface area contributed by atoms with Crippen molar-refractivity contribution in [3.8, 4) is 11.1 Å². The van der Waals surface area contributed by atoms with Gasteiger partial charge < -0.3 is 9.80 Å². The van der Waals surface area contributed by atoms with E-state index in [1.54, 1.807) is 11.3 Å². The van der Waals surface area contributed by atoms with Crippen LogP contribution < -0.4 is 0 Å². The van der Waals surface area contributed by atoms with Crippen molar-refractivity contribution in [2.45, 2.75) is 19.3 Å². The Balaban J connectivity index is 1.27. The number of carbonyl (C=O) groups is 2. The van der Waals surface area contributed by atoms with Gasteiger partial charge >= 0.3 is 0 Å². The first-order valence-electron chi connectivity index (χ1n) is 12.0. The van der Waals surface area contributed by atoms with Crippen molar-refractivity contribution in [2.24, 2.45) is 11.8 Å². The molecular formula is C28H28N2O2S. The van der Waals surface area contributed by atoms with E-state index in [-0.39, 0.29) is 11.7 Å². The third kappa shape index (κ3) is 3.94. The van der Waals surface area contributed by atoms with Crippen LogP contribution in [-0.4, -0.2) is 54.2 Å². The predicted octanol–water partition coefficient (Wildman–Crippen LogP) is 5.49. The Hall–Kier alpha value is -2.76. The summed E-state index contributed by atoms with van der Waals surface area (Å²) in [6.45, 7) is 4.85. The highest BCUT2D eigenvalue weighted by molar-refractivity contribution is 7.21. The number of carbonyl (C=O) groups excluding carboxylic acids is 2. The Kier molecular flexibility index (Phi) is 5.39. The third-order valence-corrected chi connectivity index (χ3v) is 8.81. The van der Waals surface area contributed by atoms with Gasteiger partial charge in [0.2, 0.25) is 0 Å². The lowest BCUT2D eigenvalue weighted by Gasteiger charge is -2.44. The number of rotatable bonds is 5. The Morgan fingerprint density at radius 1 is 0.970 bits per heavy atom. The van der Waals surface area contributed by atoms with Crippen LogP contribution in [0.15, 0.2) is 60.7 Å². The van der Waals surface area contributed by atoms with Crippen molar-refractivity contribution >= 4 is 33.1 Å². The molecule has 3 fully saturated rings. The second-order valence-electron chi connectivity index (χ2n) is 9.62. The van der Waals surface area contributed by atoms with Crippen molar-refractivity contribution in [3.05, 3.63) is 71.1 Å². The molecule has 0 saturated carbocycles. The standard InChI is InChI=1S/C28H28N2O2S/c31-25(16-23-18-29-13-9-19(23)10-14-29)26-17-21-6-4-8-24(27(21)33-26)20-5-3-7-22(15-20)28(32)30-11-1-2-12-30/h1-8,15,17,19,23H,9-14,16,18H2/t23-/m0/s1. The van der Waals surface area contributed by atoms with E-state index < -0.39 is 0 Å². The highest BCUT2D eigenvalue weighted by Crippen LogP contribution is 2.38. The first-order valence-corrected chi connectivity index (χ1v) is 12.8. The number of nitrogens with zero attached hydrogens (tertiary/aromatic N) is 2. The summed E-state index contributed by atoms with van der Waals surface area (Å²) in [5, 5.41) is 1.11. The zero-order chi connectivity index (χ0) is 22.4. The van der Waals surface area contributed by atoms with E-state index in [0.717, 1.165) is 38.6 Å². The third-order valence-electron chi connectivity index (χ3n) is 7.58. The second-order valence-corrected chi connectivity index (χ2v) is 10.7. The molecule has 3 saturated heterocycles. The molecule has 5 heterocycles. The summed E-state index contributed by atoms with van der Waals surface area (Å²) in [6.07, 6.45) is 7.22. The summed E-state index contributed by atoms with van der Waals surface area (Å²) in [6, 6.07) is 16.2. The zero-order valence-electron chi connectivity index (χ0n) is 18.7. The number of fused-ring (bicyclic) bond motifs is 4. The highest BCUT2D eigenvalue weighted by Gasteiger charge is 2.35. The summed E-state index contributed by atoms with van der Waals surface area (Å²) in [4.78, 5) is 31.3. The Morgan fingerprint density at radius 2 is 1.76 bits per heavy atom. The van der Waals surface area contributed by atoms with Gasteiger partial charge in [-0.2, -0.15) is 0 Å². The number of benzene rings is 2. The molecule has 1 amide bonds. The van der Waals surface area contributed by atoms with E-state index in [1.165, 1.54) is 25.9 Å². The molecule has 33 heavy (non-hydrogen) atoms. The molecule has 2 aromatic carbocycles. The fourth-order valence-electron chi connectivity index (χ4n) is 5.73. The minimum Gasteiger partial charge on any atom is -0.331 e. The van der Waals surface area contributed by atoms with Gasteiger partial charge in [-0.05, 0) is 72.5 Å². The maximum atomic E-state index is 13.2. The summed E-state index contributed by atoms with van der Waals surface area (Å²) in [7, 11) is 0. The Labute approximate surface area is 198 Å². The number of piperidine rings is 3. The molecule has 0 radical (unpaired) electrons. The van der Waals surface area contributed by atoms with Crippen LogP contribution >= 0.6 is 11.3 Å². The molecule has 3 aromatic rings. The molecule has 1 atom stereocenters. The number of hydrogen-bond acceptors (Lipinski definition) is 4. The van der Waals surface area contributed by atoms with Crippen molar-refractivity contribution in [2.75, 3.05) is 32.7 Å². The molecule has 0 spiro atoms. The quantitative estimate of drug-likeness (QED) is 0.376. The number of Topliss-reactive ketones (excluding diaryl/α,β-unsaturated/α-hetero) is 1. The normalized spacial score (nSPS) is 24.0. The predicted molar refractivity (Wildman–Crippen MR) is 134 cm³/mol. The van der Waals surface area contributed by atoms with E-state index in [9.17, 15) is 9.59 Å². The minimum absolute atomic E-state index is 0.0635. The molecule has 0 aliphatic carbocycles. The lowest BCUT2D eigenvalue weighted by atomic mass is 9.76. The molecule has 7 rings (SSSR count). The number of thiophene rings is 1. The summed E-state index contributed by atoms with van der Waals surface area (Å²) >= 11 is 1.61. The topological polar surface area (TPSA) is 40.6 Å². The van der Waals surface area contributed by atoms with Crippen LogP contribution in [-0.2, 0) is 0 Å². The number of ketones is 1. The molecule has 4 nitrogen and oxygen atoms in total. The van der Waals surface area contributed by atoms with Crippen LogP contribution in [0.25, 0.3) is 21.2 Å². The minimum atomic E-state index is 0.0635. The summed E-state index contributed by atoms with van der Waals surface area (Å²) in [5.41, 5.74) is 2.83. The first kappa shape index (κ1) is 20.8. The van der Waals surface area contributed by atoms with Gasteiger partial charge in [-0.15, -0.1) is 11.3 Å². The van der Waals surface area contributed by atoms with E-state index in [2.05, 4.69) is 29.2 Å². The molecule has 5 heteroatoms. The van der Waals surface area contributed by atoms with Gasteiger partial charge in [0.1, 0.15) is 0 Å². The molecule has 4 aliphatic rings. The lowest BCUT2D eigenvalue weighted by Crippen LogP contribution is -2.47. The second kappa shape index (κ2) is 8.54. The average molecular weight is 457 g/mol. The van der Waals surface area contributed by atoms with Gasteiger partial charge in [0.05, 0.1) is 4.88 Å². The van der Waals surface area contributed by atoms with Crippen LogP contribution in [0, 0.1) is 11.8 Å². The smallest absolute Gasteiger partial charge is 0.254 e. The summed E-state index contributed by atoms with van der Waals surface area (Å²) in [5.74, 6) is 1.57. The van der Waals surface area contributed by atoms with Crippen LogP contribution in [0.4, 0.5) is 0 Å². The number of hydrogen-bond donors (Lipinski definition) is 0. The van der Waals surface area contributed by atoms with Gasteiger partial charge in [-0.1, -0.05) is 42.5 Å². The van der Waals surface area contributed by atoms with E-state index >= 15 is 0 Å². The number of amides is 1. The van der Waals surface area contributed by atoms with E-state index in [4.69, 9.17) is 0 Å². The lowest BCUT2D eigenvalue weighted by molar-refractivity contribution is 0.0442. The maximum Gasteiger partial charge on any atom is 0.254 e. The van der Waals surface area contributed by atoms with Crippen LogP contribution in [0.3, 0.4) is 0 Å². The first-order chi connectivity index (χ1) is 16.2. The highest BCUT2D eigenvalue weighted by atomic mass is 32.1. The zero-order valence-corrected chi connectivity index (χ0v) is 19.5. The Bertz CT molecular complexity index is 1240. The molecule has 168 valence electrons. The molecule has 0 N–H and O–H groups in total.